The minimum absolute atomic E-state index is 0.0453. The number of benzene rings is 2. The number of nitrogens with zero attached hydrogens (tertiary/aromatic N) is 2. The van der Waals surface area contributed by atoms with E-state index in [0.29, 0.717) is 28.5 Å². The van der Waals surface area contributed by atoms with Gasteiger partial charge in [-0.1, -0.05) is 28.9 Å². The van der Waals surface area contributed by atoms with Crippen molar-refractivity contribution in [3.05, 3.63) is 68.9 Å². The van der Waals surface area contributed by atoms with Crippen LogP contribution in [0.15, 0.2) is 40.9 Å². The first-order valence-corrected chi connectivity index (χ1v) is 15.7. The van der Waals surface area contributed by atoms with Gasteiger partial charge in [-0.05, 0) is 99.5 Å². The zero-order chi connectivity index (χ0) is 28.1. The maximum Gasteiger partial charge on any atom is 0.335 e. The number of aromatic carboxylic acids is 1. The van der Waals surface area contributed by atoms with Crippen molar-refractivity contribution in [2.45, 2.75) is 75.6 Å². The van der Waals surface area contributed by atoms with E-state index < -0.39 is 11.6 Å². The van der Waals surface area contributed by atoms with Crippen LogP contribution in [0.5, 0.6) is 0 Å². The highest BCUT2D eigenvalue weighted by Gasteiger charge is 2.64. The second kappa shape index (κ2) is 9.11. The molecule has 5 aliphatic carbocycles. The molecule has 2 heterocycles. The molecule has 7 nitrogen and oxygen atoms in total. The second-order valence-electron chi connectivity index (χ2n) is 12.7. The van der Waals surface area contributed by atoms with Gasteiger partial charge in [0.05, 0.1) is 33.0 Å². The molecule has 2 N–H and O–H groups in total. The molecule has 0 radical (unpaired) electrons. The average Bonchev–Trinajstić information content (AvgIpc) is 3.55. The number of ether oxygens (including phenoxy) is 1. The number of carboxylic acids is 1. The first kappa shape index (κ1) is 25.9. The number of carboxylic acid groups (broad SMARTS) is 1. The van der Waals surface area contributed by atoms with Gasteiger partial charge in [-0.3, -0.25) is 0 Å². The van der Waals surface area contributed by atoms with Gasteiger partial charge in [-0.15, -0.1) is 11.3 Å². The Labute approximate surface area is 246 Å². The van der Waals surface area contributed by atoms with E-state index in [1.54, 1.807) is 18.2 Å². The van der Waals surface area contributed by atoms with Gasteiger partial charge < -0.3 is 19.5 Å². The topological polar surface area (TPSA) is 106 Å². The van der Waals surface area contributed by atoms with Crippen LogP contribution in [0.1, 0.15) is 83.1 Å². The highest BCUT2D eigenvalue weighted by atomic mass is 35.5. The maximum atomic E-state index is 12.3. The summed E-state index contributed by atoms with van der Waals surface area (Å²) in [6, 6.07) is 10.9. The van der Waals surface area contributed by atoms with E-state index in [2.05, 4.69) is 5.16 Å². The Kier molecular flexibility index (Phi) is 5.75. The number of fused-ring (bicyclic) bond motifs is 1. The molecular formula is C32H31ClN2O5S. The van der Waals surface area contributed by atoms with Crippen LogP contribution in [-0.2, 0) is 16.9 Å². The third kappa shape index (κ3) is 4.02. The van der Waals surface area contributed by atoms with Crippen molar-refractivity contribution < 1.29 is 24.3 Å². The van der Waals surface area contributed by atoms with Gasteiger partial charge in [-0.25, -0.2) is 9.78 Å². The van der Waals surface area contributed by atoms with Gasteiger partial charge in [0.1, 0.15) is 22.1 Å². The van der Waals surface area contributed by atoms with E-state index >= 15 is 0 Å². The molecule has 4 bridgehead atoms. The SMILES string of the molecule is Cc1cccc(Cl)c1-c1noc(C2CC2)c1COC12CC3C[C@H](C1)C(O)(c1nc4ccc(C(=O)O)cc4s1)[C@@H](C3)C2. The van der Waals surface area contributed by atoms with Gasteiger partial charge in [0, 0.05) is 17.0 Å². The molecule has 5 saturated carbocycles. The number of rotatable bonds is 7. The van der Waals surface area contributed by atoms with Crippen molar-refractivity contribution in [1.29, 1.82) is 0 Å². The first-order valence-electron chi connectivity index (χ1n) is 14.5. The summed E-state index contributed by atoms with van der Waals surface area (Å²) in [5.41, 5.74) is 3.41. The van der Waals surface area contributed by atoms with Crippen LogP contribution in [-0.4, -0.2) is 31.9 Å². The third-order valence-corrected chi connectivity index (χ3v) is 11.6. The predicted molar refractivity (Wildman–Crippen MR) is 155 cm³/mol. The Morgan fingerprint density at radius 1 is 1.17 bits per heavy atom. The fourth-order valence-corrected chi connectivity index (χ4v) is 9.71. The maximum absolute atomic E-state index is 12.3. The molecule has 0 saturated heterocycles. The smallest absolute Gasteiger partial charge is 0.335 e. The van der Waals surface area contributed by atoms with E-state index in [9.17, 15) is 15.0 Å². The van der Waals surface area contributed by atoms with Crippen molar-refractivity contribution in [3.63, 3.8) is 0 Å². The monoisotopic (exact) mass is 590 g/mol. The van der Waals surface area contributed by atoms with Gasteiger partial charge in [-0.2, -0.15) is 0 Å². The second-order valence-corrected chi connectivity index (χ2v) is 14.2. The predicted octanol–water partition coefficient (Wildman–Crippen LogP) is 7.47. The van der Waals surface area contributed by atoms with Crippen molar-refractivity contribution in [3.8, 4) is 11.3 Å². The number of aryl methyl sites for hydroxylation is 1. The third-order valence-electron chi connectivity index (χ3n) is 10.1. The lowest BCUT2D eigenvalue weighted by Crippen LogP contribution is -2.62. The fraction of sp³-hybridized carbons (Fsp3) is 0.469. The standard InChI is InChI=1S/C32H31ClN2O5S/c1-16-3-2-4-23(33)26(16)27-22(28(40-35-27)18-5-6-18)15-39-31-12-17-9-20(13-31)32(38,21(10-17)14-31)30-34-24-8-7-19(29(36)37)11-25(24)41-30/h2-4,7-8,11,17-18,20-21,38H,5-6,9-10,12-15H2,1H3,(H,36,37)/t17?,20-,21+,31?,32?. The van der Waals surface area contributed by atoms with Gasteiger partial charge in [0.2, 0.25) is 0 Å². The lowest BCUT2D eigenvalue weighted by Gasteiger charge is -2.62. The Balaban J connectivity index is 1.10. The summed E-state index contributed by atoms with van der Waals surface area (Å²) >= 11 is 8.09. The minimum atomic E-state index is -1.02. The summed E-state index contributed by atoms with van der Waals surface area (Å²) in [4.78, 5) is 16.3. The summed E-state index contributed by atoms with van der Waals surface area (Å²) in [6.07, 6.45) is 6.67. The molecule has 0 spiro atoms. The molecule has 41 heavy (non-hydrogen) atoms. The van der Waals surface area contributed by atoms with Crippen LogP contribution in [0.3, 0.4) is 0 Å². The summed E-state index contributed by atoms with van der Waals surface area (Å²) in [6.45, 7) is 2.46. The molecular weight excluding hydrogens is 560 g/mol. The molecule has 9 rings (SSSR count). The Hall–Kier alpha value is -2.78. The molecule has 5 aliphatic rings. The number of aromatic nitrogens is 2. The fourth-order valence-electron chi connectivity index (χ4n) is 8.15. The number of aliphatic hydroxyl groups is 1. The largest absolute Gasteiger partial charge is 0.478 e. The van der Waals surface area contributed by atoms with E-state index in [1.165, 1.54) is 11.3 Å². The first-order chi connectivity index (χ1) is 19.7. The number of hydrogen-bond acceptors (Lipinski definition) is 7. The lowest BCUT2D eigenvalue weighted by atomic mass is 9.48. The van der Waals surface area contributed by atoms with E-state index in [4.69, 9.17) is 25.8 Å². The summed E-state index contributed by atoms with van der Waals surface area (Å²) in [5, 5.41) is 27.6. The Morgan fingerprint density at radius 2 is 1.95 bits per heavy atom. The van der Waals surface area contributed by atoms with Crippen LogP contribution in [0.4, 0.5) is 0 Å². The van der Waals surface area contributed by atoms with Crippen molar-refractivity contribution in [2.75, 3.05) is 0 Å². The van der Waals surface area contributed by atoms with E-state index in [0.717, 1.165) is 83.3 Å². The quantitative estimate of drug-likeness (QED) is 0.230. The molecule has 5 atom stereocenters. The van der Waals surface area contributed by atoms with Crippen LogP contribution in [0.25, 0.3) is 21.5 Å². The van der Waals surface area contributed by atoms with E-state index in [-0.39, 0.29) is 23.0 Å². The Morgan fingerprint density at radius 3 is 2.66 bits per heavy atom. The van der Waals surface area contributed by atoms with Gasteiger partial charge in [0.15, 0.2) is 0 Å². The van der Waals surface area contributed by atoms with Gasteiger partial charge in [0.25, 0.3) is 0 Å². The lowest BCUT2D eigenvalue weighted by molar-refractivity contribution is -0.250. The highest BCUT2D eigenvalue weighted by molar-refractivity contribution is 7.18. The molecule has 5 fully saturated rings. The van der Waals surface area contributed by atoms with Crippen molar-refractivity contribution in [1.82, 2.24) is 10.1 Å². The number of carbonyl (C=O) groups is 1. The van der Waals surface area contributed by atoms with Gasteiger partial charge >= 0.3 is 5.97 Å². The minimum Gasteiger partial charge on any atom is -0.478 e. The zero-order valence-electron chi connectivity index (χ0n) is 22.7. The molecule has 9 heteroatoms. The average molecular weight is 591 g/mol. The normalized spacial score (nSPS) is 30.4. The number of hydrogen-bond donors (Lipinski definition) is 2. The molecule has 2 aromatic carbocycles. The van der Waals surface area contributed by atoms with E-state index in [1.807, 2.05) is 25.1 Å². The molecule has 2 aromatic heterocycles. The zero-order valence-corrected chi connectivity index (χ0v) is 24.3. The molecule has 4 aromatic rings. The van der Waals surface area contributed by atoms with Crippen molar-refractivity contribution in [2.24, 2.45) is 17.8 Å². The van der Waals surface area contributed by atoms with Crippen LogP contribution >= 0.6 is 22.9 Å². The summed E-state index contributed by atoms with van der Waals surface area (Å²) in [5.74, 6) is 0.958. The number of thiazole rings is 1. The highest BCUT2D eigenvalue weighted by Crippen LogP contribution is 2.65. The molecule has 212 valence electrons. The van der Waals surface area contributed by atoms with Crippen LogP contribution < -0.4 is 0 Å². The summed E-state index contributed by atoms with van der Waals surface area (Å²) in [7, 11) is 0. The van der Waals surface area contributed by atoms with Crippen LogP contribution in [0.2, 0.25) is 5.02 Å². The molecule has 3 unspecified atom stereocenters. The molecule has 0 aliphatic heterocycles. The summed E-state index contributed by atoms with van der Waals surface area (Å²) < 4.78 is 13.7. The number of halogens is 1. The van der Waals surface area contributed by atoms with Crippen LogP contribution in [0, 0.1) is 24.7 Å². The Bertz CT molecular complexity index is 1670. The van der Waals surface area contributed by atoms with Crippen molar-refractivity contribution >= 4 is 39.1 Å². The molecule has 0 amide bonds.